The minimum Gasteiger partial charge on any atom is -0.439 e. The van der Waals surface area contributed by atoms with Crippen molar-refractivity contribution in [3.05, 3.63) is 47.9 Å². The maximum Gasteiger partial charge on any atom is 0.267 e. The molecule has 0 saturated carbocycles. The number of nitrogens with zero attached hydrogens (tertiary/aromatic N) is 4. The van der Waals surface area contributed by atoms with Crippen molar-refractivity contribution in [2.24, 2.45) is 0 Å². The normalized spacial score (nSPS) is 11.4. The number of nitrogens with one attached hydrogen (secondary N) is 1. The minimum atomic E-state index is -0.671. The van der Waals surface area contributed by atoms with E-state index < -0.39 is 11.7 Å². The minimum absolute atomic E-state index is 0.212. The molecule has 0 aliphatic heterocycles. The van der Waals surface area contributed by atoms with Gasteiger partial charge in [-0.15, -0.1) is 5.10 Å². The van der Waals surface area contributed by atoms with E-state index in [0.717, 1.165) is 6.08 Å². The Morgan fingerprint density at radius 3 is 3.18 bits per heavy atom. The Balaban J connectivity index is 1.76. The average molecular weight is 303 g/mol. The zero-order chi connectivity index (χ0) is 15.5. The van der Waals surface area contributed by atoms with E-state index in [2.05, 4.69) is 15.3 Å². The number of benzene rings is 1. The van der Waals surface area contributed by atoms with E-state index in [-0.39, 0.29) is 6.54 Å². The van der Waals surface area contributed by atoms with Crippen molar-refractivity contribution in [2.75, 3.05) is 0 Å². The van der Waals surface area contributed by atoms with Crippen molar-refractivity contribution < 1.29 is 18.8 Å². The second-order valence-electron chi connectivity index (χ2n) is 4.37. The SMILES string of the molecule is O=C(C=Cc1cn(Cc2nc3ccc(F)cc3o2)nn1)NO. The van der Waals surface area contributed by atoms with Crippen molar-refractivity contribution in [2.45, 2.75) is 6.54 Å². The van der Waals surface area contributed by atoms with E-state index >= 15 is 0 Å². The van der Waals surface area contributed by atoms with Crippen LogP contribution in [0.1, 0.15) is 11.6 Å². The number of amides is 1. The number of fused-ring (bicyclic) bond motifs is 1. The van der Waals surface area contributed by atoms with E-state index in [9.17, 15) is 9.18 Å². The predicted molar refractivity (Wildman–Crippen MR) is 72.1 cm³/mol. The van der Waals surface area contributed by atoms with Crippen molar-refractivity contribution in [1.82, 2.24) is 25.5 Å². The first kappa shape index (κ1) is 13.9. The summed E-state index contributed by atoms with van der Waals surface area (Å²) in [6.07, 6.45) is 4.06. The number of aromatic nitrogens is 4. The molecule has 8 nitrogen and oxygen atoms in total. The maximum atomic E-state index is 13.1. The number of carbonyl (C=O) groups excluding carboxylic acids is 1. The zero-order valence-electron chi connectivity index (χ0n) is 11.1. The van der Waals surface area contributed by atoms with Gasteiger partial charge in [0, 0.05) is 12.1 Å². The lowest BCUT2D eigenvalue weighted by Gasteiger charge is -1.93. The van der Waals surface area contributed by atoms with Gasteiger partial charge in [-0.2, -0.15) is 0 Å². The molecule has 2 aromatic heterocycles. The smallest absolute Gasteiger partial charge is 0.267 e. The van der Waals surface area contributed by atoms with Crippen molar-refractivity contribution in [1.29, 1.82) is 0 Å². The molecule has 0 bridgehead atoms. The van der Waals surface area contributed by atoms with Gasteiger partial charge in [0.25, 0.3) is 5.91 Å². The summed E-state index contributed by atoms with van der Waals surface area (Å²) < 4.78 is 20.0. The Morgan fingerprint density at radius 2 is 2.36 bits per heavy atom. The summed E-state index contributed by atoms with van der Waals surface area (Å²) in [5, 5.41) is 16.0. The number of halogens is 1. The van der Waals surface area contributed by atoms with Crippen LogP contribution in [0.4, 0.5) is 4.39 Å². The molecule has 2 N–H and O–H groups in total. The van der Waals surface area contributed by atoms with Crippen LogP contribution in [0.2, 0.25) is 0 Å². The lowest BCUT2D eigenvalue weighted by molar-refractivity contribution is -0.124. The molecule has 0 aliphatic rings. The third-order valence-corrected chi connectivity index (χ3v) is 2.76. The third-order valence-electron chi connectivity index (χ3n) is 2.76. The summed E-state index contributed by atoms with van der Waals surface area (Å²) in [7, 11) is 0. The fraction of sp³-hybridized carbons (Fsp3) is 0.0769. The zero-order valence-corrected chi connectivity index (χ0v) is 11.1. The van der Waals surface area contributed by atoms with Crippen LogP contribution in [0, 0.1) is 5.82 Å². The van der Waals surface area contributed by atoms with Crippen LogP contribution >= 0.6 is 0 Å². The Labute approximate surface area is 122 Å². The van der Waals surface area contributed by atoms with Gasteiger partial charge in [-0.25, -0.2) is 19.5 Å². The van der Waals surface area contributed by atoms with E-state index in [1.165, 1.54) is 34.4 Å². The number of oxazole rings is 1. The standard InChI is InChI=1S/C13H10FN5O3/c14-8-1-3-10-11(5-8)22-13(15-10)7-19-6-9(16-18-19)2-4-12(20)17-21/h1-6,21H,7H2,(H,17,20). The first-order valence-corrected chi connectivity index (χ1v) is 6.21. The summed E-state index contributed by atoms with van der Waals surface area (Å²) in [6.45, 7) is 0.212. The van der Waals surface area contributed by atoms with Gasteiger partial charge in [0.1, 0.15) is 23.6 Å². The van der Waals surface area contributed by atoms with Gasteiger partial charge in [-0.1, -0.05) is 5.21 Å². The fourth-order valence-electron chi connectivity index (χ4n) is 1.82. The largest absolute Gasteiger partial charge is 0.439 e. The maximum absolute atomic E-state index is 13.1. The molecule has 1 amide bonds. The Bertz CT molecular complexity index is 854. The Kier molecular flexibility index (Phi) is 3.62. The molecule has 9 heteroatoms. The molecule has 2 heterocycles. The first-order valence-electron chi connectivity index (χ1n) is 6.21. The third kappa shape index (κ3) is 2.99. The molecule has 0 atom stereocenters. The second kappa shape index (κ2) is 5.74. The van der Waals surface area contributed by atoms with Gasteiger partial charge >= 0.3 is 0 Å². The van der Waals surface area contributed by atoms with Crippen LogP contribution in [0.3, 0.4) is 0 Å². The average Bonchev–Trinajstić information content (AvgIpc) is 3.10. The molecular weight excluding hydrogens is 293 g/mol. The molecule has 1 aromatic carbocycles. The highest BCUT2D eigenvalue weighted by atomic mass is 19.1. The van der Waals surface area contributed by atoms with Crippen LogP contribution < -0.4 is 5.48 Å². The number of hydrogen-bond acceptors (Lipinski definition) is 6. The van der Waals surface area contributed by atoms with Gasteiger partial charge in [0.05, 0.1) is 6.20 Å². The van der Waals surface area contributed by atoms with Crippen LogP contribution in [-0.2, 0) is 11.3 Å². The van der Waals surface area contributed by atoms with E-state index in [1.54, 1.807) is 6.20 Å². The van der Waals surface area contributed by atoms with Crippen LogP contribution in [0.5, 0.6) is 0 Å². The number of rotatable bonds is 4. The summed E-state index contributed by atoms with van der Waals surface area (Å²) in [5.74, 6) is -0.713. The number of hydrogen-bond donors (Lipinski definition) is 2. The number of carbonyl (C=O) groups is 1. The van der Waals surface area contributed by atoms with Crippen LogP contribution in [0.15, 0.2) is 34.9 Å². The highest BCUT2D eigenvalue weighted by molar-refractivity contribution is 5.90. The number of hydroxylamine groups is 1. The summed E-state index contributed by atoms with van der Waals surface area (Å²) >= 11 is 0. The molecule has 3 rings (SSSR count). The Morgan fingerprint density at radius 1 is 1.50 bits per heavy atom. The van der Waals surface area contributed by atoms with Gasteiger partial charge in [-0.3, -0.25) is 10.0 Å². The highest BCUT2D eigenvalue weighted by Gasteiger charge is 2.08. The van der Waals surface area contributed by atoms with Crippen molar-refractivity contribution in [3.63, 3.8) is 0 Å². The molecule has 112 valence electrons. The lowest BCUT2D eigenvalue weighted by atomic mass is 10.3. The lowest BCUT2D eigenvalue weighted by Crippen LogP contribution is -2.14. The van der Waals surface area contributed by atoms with Crippen LogP contribution in [-0.4, -0.2) is 31.1 Å². The molecule has 0 radical (unpaired) electrons. The molecule has 0 unspecified atom stereocenters. The highest BCUT2D eigenvalue weighted by Crippen LogP contribution is 2.17. The monoisotopic (exact) mass is 303 g/mol. The molecule has 0 saturated heterocycles. The molecule has 0 spiro atoms. The van der Waals surface area contributed by atoms with E-state index in [4.69, 9.17) is 9.62 Å². The van der Waals surface area contributed by atoms with E-state index in [0.29, 0.717) is 22.7 Å². The molecule has 0 fully saturated rings. The first-order chi connectivity index (χ1) is 10.6. The van der Waals surface area contributed by atoms with Gasteiger partial charge in [0.15, 0.2) is 5.58 Å². The quantitative estimate of drug-likeness (QED) is 0.425. The predicted octanol–water partition coefficient (Wildman–Crippen LogP) is 1.13. The molecule has 0 aliphatic carbocycles. The van der Waals surface area contributed by atoms with Gasteiger partial charge in [-0.05, 0) is 18.2 Å². The topological polar surface area (TPSA) is 106 Å². The van der Waals surface area contributed by atoms with Gasteiger partial charge in [0.2, 0.25) is 5.89 Å². The Hall–Kier alpha value is -3.07. The molecule has 22 heavy (non-hydrogen) atoms. The van der Waals surface area contributed by atoms with Crippen molar-refractivity contribution in [3.8, 4) is 0 Å². The molecular formula is C13H10FN5O3. The fourth-order valence-corrected chi connectivity index (χ4v) is 1.82. The van der Waals surface area contributed by atoms with E-state index in [1.807, 2.05) is 0 Å². The van der Waals surface area contributed by atoms with Crippen LogP contribution in [0.25, 0.3) is 17.2 Å². The summed E-state index contributed by atoms with van der Waals surface area (Å²) in [4.78, 5) is 15.1. The second-order valence-corrected chi connectivity index (χ2v) is 4.37. The molecule has 3 aromatic rings. The van der Waals surface area contributed by atoms with Gasteiger partial charge < -0.3 is 4.42 Å². The van der Waals surface area contributed by atoms with Crippen molar-refractivity contribution >= 4 is 23.1 Å². The summed E-state index contributed by atoms with van der Waals surface area (Å²) in [5.41, 5.74) is 2.80. The summed E-state index contributed by atoms with van der Waals surface area (Å²) in [6, 6.07) is 4.09.